The van der Waals surface area contributed by atoms with Gasteiger partial charge in [0.1, 0.15) is 18.0 Å². The van der Waals surface area contributed by atoms with Crippen molar-refractivity contribution in [1.82, 2.24) is 34.9 Å². The molecule has 1 fully saturated rings. The highest BCUT2D eigenvalue weighted by molar-refractivity contribution is 5.88. The molecule has 11 heteroatoms. The summed E-state index contributed by atoms with van der Waals surface area (Å²) in [5.74, 6) is -1.90. The Morgan fingerprint density at radius 2 is 1.91 bits per heavy atom. The quantitative estimate of drug-likeness (QED) is 0.482. The van der Waals surface area contributed by atoms with Crippen molar-refractivity contribution >= 4 is 5.91 Å². The fourth-order valence-corrected chi connectivity index (χ4v) is 5.93. The molecule has 2 atom stereocenters. The van der Waals surface area contributed by atoms with Crippen molar-refractivity contribution in [3.63, 3.8) is 0 Å². The number of carbonyl (C=O) groups is 1. The summed E-state index contributed by atoms with van der Waals surface area (Å²) >= 11 is 0. The minimum Gasteiger partial charge on any atom is -0.363 e. The maximum atomic E-state index is 14.5. The third-order valence-electron chi connectivity index (χ3n) is 7.60. The first-order valence-corrected chi connectivity index (χ1v) is 11.1. The Hall–Kier alpha value is -4.15. The summed E-state index contributed by atoms with van der Waals surface area (Å²) in [6, 6.07) is 7.34. The molecule has 3 aromatic heterocycles. The van der Waals surface area contributed by atoms with E-state index in [0.29, 0.717) is 0 Å². The van der Waals surface area contributed by atoms with Crippen molar-refractivity contribution in [2.45, 2.75) is 38.0 Å². The average Bonchev–Trinajstić information content (AvgIpc) is 3.48. The van der Waals surface area contributed by atoms with Crippen LogP contribution >= 0.6 is 0 Å². The zero-order valence-electron chi connectivity index (χ0n) is 18.9. The molecular formula is C24H20F2N8O. The molecule has 3 heterocycles. The zero-order chi connectivity index (χ0) is 24.5. The Morgan fingerprint density at radius 1 is 1.14 bits per heavy atom. The third-order valence-corrected chi connectivity index (χ3v) is 7.60. The molecule has 4 aromatic rings. The van der Waals surface area contributed by atoms with E-state index < -0.39 is 23.0 Å². The molecule has 0 aliphatic heterocycles. The van der Waals surface area contributed by atoms with Gasteiger partial charge >= 0.3 is 0 Å². The first kappa shape index (κ1) is 21.4. The van der Waals surface area contributed by atoms with E-state index in [1.807, 2.05) is 6.07 Å². The summed E-state index contributed by atoms with van der Waals surface area (Å²) in [5.41, 5.74) is 6.76. The number of halogens is 2. The molecule has 2 aliphatic carbocycles. The number of amides is 1. The van der Waals surface area contributed by atoms with E-state index in [1.54, 1.807) is 12.3 Å². The van der Waals surface area contributed by atoms with Crippen LogP contribution in [0.5, 0.6) is 0 Å². The first-order chi connectivity index (χ1) is 16.7. The average molecular weight is 474 g/mol. The summed E-state index contributed by atoms with van der Waals surface area (Å²) in [4.78, 5) is 24.4. The maximum absolute atomic E-state index is 14.5. The Kier molecular flexibility index (Phi) is 4.38. The number of hydrogen-bond donors (Lipinski definition) is 1. The van der Waals surface area contributed by atoms with Crippen LogP contribution in [0.4, 0.5) is 8.78 Å². The Morgan fingerprint density at radius 3 is 2.63 bits per heavy atom. The van der Waals surface area contributed by atoms with Crippen LogP contribution in [0.25, 0.3) is 17.2 Å². The molecule has 176 valence electrons. The minimum atomic E-state index is -0.750. The van der Waals surface area contributed by atoms with E-state index in [4.69, 9.17) is 10.7 Å². The summed E-state index contributed by atoms with van der Waals surface area (Å²) in [5, 5.41) is 12.8. The monoisotopic (exact) mass is 474 g/mol. The van der Waals surface area contributed by atoms with Crippen LogP contribution in [0.2, 0.25) is 0 Å². The number of hydrogen-bond acceptors (Lipinski definition) is 7. The molecule has 0 spiro atoms. The Bertz CT molecular complexity index is 1500. The Balaban J connectivity index is 1.50. The third kappa shape index (κ3) is 2.81. The number of benzene rings is 1. The molecule has 6 rings (SSSR count). The molecule has 0 radical (unpaired) electrons. The second-order valence-electron chi connectivity index (χ2n) is 9.47. The summed E-state index contributed by atoms with van der Waals surface area (Å²) in [6.07, 6.45) is 4.59. The molecule has 35 heavy (non-hydrogen) atoms. The summed E-state index contributed by atoms with van der Waals surface area (Å²) in [7, 11) is 0. The number of fused-ring (bicyclic) bond motifs is 5. The van der Waals surface area contributed by atoms with Gasteiger partial charge in [-0.15, -0.1) is 10.2 Å². The van der Waals surface area contributed by atoms with E-state index in [9.17, 15) is 13.6 Å². The van der Waals surface area contributed by atoms with Gasteiger partial charge in [0.05, 0.1) is 28.1 Å². The molecule has 1 saturated carbocycles. The molecule has 2 N–H and O–H groups in total. The van der Waals surface area contributed by atoms with Crippen LogP contribution in [0.3, 0.4) is 0 Å². The predicted molar refractivity (Wildman–Crippen MR) is 119 cm³/mol. The fraction of sp³-hybridized carbons (Fsp3) is 0.292. The van der Waals surface area contributed by atoms with Gasteiger partial charge in [0, 0.05) is 6.20 Å². The molecule has 2 bridgehead atoms. The van der Waals surface area contributed by atoms with Gasteiger partial charge in [0.2, 0.25) is 5.82 Å². The summed E-state index contributed by atoms with van der Waals surface area (Å²) < 4.78 is 30.2. The second-order valence-corrected chi connectivity index (χ2v) is 9.47. The van der Waals surface area contributed by atoms with Gasteiger partial charge in [0.25, 0.3) is 11.9 Å². The standard InChI is InChI=1S/C24H20F2N8O/c1-23(2)13-6-8-24(23,17-7-9-28-22(30-17)34-11-29-21(33-34)20(27)35)19-12(13)10-16(31-32-19)18-14(25)4-3-5-15(18)26/h3-5,7,9-11,13H,6,8H2,1-2H3,(H2,27,35)/t13-,24+/m0/s1. The van der Waals surface area contributed by atoms with Gasteiger partial charge in [-0.3, -0.25) is 4.79 Å². The van der Waals surface area contributed by atoms with Gasteiger partial charge in [-0.05, 0) is 54.0 Å². The van der Waals surface area contributed by atoms with Crippen LogP contribution in [0.15, 0.2) is 42.9 Å². The van der Waals surface area contributed by atoms with E-state index in [0.717, 1.165) is 29.8 Å². The number of nitrogens with two attached hydrogens (primary N) is 1. The topological polar surface area (TPSA) is 125 Å². The highest BCUT2D eigenvalue weighted by atomic mass is 19.1. The van der Waals surface area contributed by atoms with E-state index >= 15 is 0 Å². The number of rotatable bonds is 4. The molecular weight excluding hydrogens is 454 g/mol. The van der Waals surface area contributed by atoms with Crippen molar-refractivity contribution in [2.75, 3.05) is 0 Å². The highest BCUT2D eigenvalue weighted by Gasteiger charge is 2.65. The lowest BCUT2D eigenvalue weighted by Crippen LogP contribution is -2.38. The van der Waals surface area contributed by atoms with Crippen molar-refractivity contribution in [3.05, 3.63) is 77.3 Å². The molecule has 1 amide bonds. The number of aromatic nitrogens is 7. The number of primary amides is 1. The first-order valence-electron chi connectivity index (χ1n) is 11.1. The lowest BCUT2D eigenvalue weighted by Gasteiger charge is -2.37. The second kappa shape index (κ2) is 7.17. The van der Waals surface area contributed by atoms with Crippen LogP contribution in [0, 0.1) is 17.0 Å². The predicted octanol–water partition coefficient (Wildman–Crippen LogP) is 3.09. The molecule has 0 unspecified atom stereocenters. The largest absolute Gasteiger partial charge is 0.363 e. The van der Waals surface area contributed by atoms with E-state index in [1.165, 1.54) is 29.2 Å². The van der Waals surface area contributed by atoms with Crippen LogP contribution in [0.1, 0.15) is 60.2 Å². The summed E-state index contributed by atoms with van der Waals surface area (Å²) in [6.45, 7) is 4.30. The highest BCUT2D eigenvalue weighted by Crippen LogP contribution is 2.69. The van der Waals surface area contributed by atoms with Crippen LogP contribution in [-0.4, -0.2) is 40.8 Å². The van der Waals surface area contributed by atoms with Crippen molar-refractivity contribution in [1.29, 1.82) is 0 Å². The van der Waals surface area contributed by atoms with Gasteiger partial charge in [-0.1, -0.05) is 19.9 Å². The van der Waals surface area contributed by atoms with E-state index in [2.05, 4.69) is 39.1 Å². The van der Waals surface area contributed by atoms with Crippen molar-refractivity contribution < 1.29 is 13.6 Å². The smallest absolute Gasteiger partial charge is 0.288 e. The van der Waals surface area contributed by atoms with Gasteiger partial charge in [-0.25, -0.2) is 23.7 Å². The Labute approximate surface area is 198 Å². The zero-order valence-corrected chi connectivity index (χ0v) is 18.9. The molecule has 9 nitrogen and oxygen atoms in total. The van der Waals surface area contributed by atoms with Crippen LogP contribution < -0.4 is 5.73 Å². The van der Waals surface area contributed by atoms with E-state index in [-0.39, 0.29) is 34.4 Å². The SMILES string of the molecule is CC1(C)[C@H]2CC[C@@]1(c1ccnc(-n3cnc(C(N)=O)n3)n1)c1nnc(-c3c(F)cccc3F)cc12. The van der Waals surface area contributed by atoms with Crippen molar-refractivity contribution in [2.24, 2.45) is 11.1 Å². The van der Waals surface area contributed by atoms with Gasteiger partial charge in [0.15, 0.2) is 0 Å². The molecule has 2 aliphatic rings. The maximum Gasteiger partial charge on any atom is 0.288 e. The lowest BCUT2D eigenvalue weighted by atomic mass is 9.66. The normalized spacial score (nSPS) is 21.8. The molecule has 0 saturated heterocycles. The van der Waals surface area contributed by atoms with Crippen LogP contribution in [-0.2, 0) is 5.41 Å². The lowest BCUT2D eigenvalue weighted by molar-refractivity contribution is 0.0990. The van der Waals surface area contributed by atoms with Gasteiger partial charge < -0.3 is 5.73 Å². The van der Waals surface area contributed by atoms with Crippen molar-refractivity contribution in [3.8, 4) is 17.2 Å². The fourth-order valence-electron chi connectivity index (χ4n) is 5.93. The van der Waals surface area contributed by atoms with Gasteiger partial charge in [-0.2, -0.15) is 9.78 Å². The minimum absolute atomic E-state index is 0.104. The number of nitrogens with zero attached hydrogens (tertiary/aromatic N) is 7. The number of carbonyl (C=O) groups excluding carboxylic acids is 1. The molecule has 1 aromatic carbocycles.